The van der Waals surface area contributed by atoms with E-state index in [1.165, 1.54) is 5.56 Å². The molecule has 0 unspecified atom stereocenters. The predicted octanol–water partition coefficient (Wildman–Crippen LogP) is 2.10. The lowest BCUT2D eigenvalue weighted by atomic mass is 10.1. The van der Waals surface area contributed by atoms with Crippen LogP contribution < -0.4 is 5.32 Å². The van der Waals surface area contributed by atoms with Crippen molar-refractivity contribution in [3.63, 3.8) is 0 Å². The number of rotatable bonds is 9. The molecular weight excluding hydrogens is 270 g/mol. The lowest BCUT2D eigenvalue weighted by Gasteiger charge is -2.00. The zero-order valence-electron chi connectivity index (χ0n) is 11.8. The van der Waals surface area contributed by atoms with Gasteiger partial charge in [-0.1, -0.05) is 30.3 Å². The molecule has 0 atom stereocenters. The third-order valence-corrected chi connectivity index (χ3v) is 4.02. The molecule has 1 heterocycles. The summed E-state index contributed by atoms with van der Waals surface area (Å²) in [5.41, 5.74) is 1.35. The molecule has 0 aliphatic rings. The molecule has 0 bridgehead atoms. The summed E-state index contributed by atoms with van der Waals surface area (Å²) < 4.78 is 4.98. The van der Waals surface area contributed by atoms with E-state index in [0.29, 0.717) is 0 Å². The second-order valence-electron chi connectivity index (χ2n) is 4.57. The van der Waals surface area contributed by atoms with Crippen molar-refractivity contribution in [2.75, 3.05) is 26.8 Å². The van der Waals surface area contributed by atoms with Crippen LogP contribution in [0.3, 0.4) is 0 Å². The number of methoxy groups -OCH3 is 1. The van der Waals surface area contributed by atoms with Gasteiger partial charge in [0.15, 0.2) is 0 Å². The molecule has 2 rings (SSSR count). The third-order valence-electron chi connectivity index (χ3n) is 2.98. The Hall–Kier alpha value is -1.30. The Morgan fingerprint density at radius 2 is 1.75 bits per heavy atom. The van der Waals surface area contributed by atoms with Gasteiger partial charge in [0, 0.05) is 33.0 Å². The van der Waals surface area contributed by atoms with Crippen LogP contribution in [0.1, 0.15) is 15.6 Å². The van der Waals surface area contributed by atoms with Gasteiger partial charge in [0.05, 0.1) is 6.61 Å². The number of benzene rings is 1. The molecule has 0 fully saturated rings. The second kappa shape index (κ2) is 8.79. The third kappa shape index (κ3) is 5.36. The van der Waals surface area contributed by atoms with Gasteiger partial charge in [0.25, 0.3) is 0 Å². The quantitative estimate of drug-likeness (QED) is 0.719. The van der Waals surface area contributed by atoms with Gasteiger partial charge in [-0.05, 0) is 12.0 Å². The molecule has 0 saturated heterocycles. The van der Waals surface area contributed by atoms with E-state index in [-0.39, 0.29) is 0 Å². The Kier molecular flexibility index (Phi) is 6.63. The molecule has 108 valence electrons. The van der Waals surface area contributed by atoms with E-state index in [1.54, 1.807) is 18.4 Å². The second-order valence-corrected chi connectivity index (χ2v) is 5.71. The van der Waals surface area contributed by atoms with Crippen molar-refractivity contribution in [2.24, 2.45) is 0 Å². The van der Waals surface area contributed by atoms with E-state index in [9.17, 15) is 0 Å². The van der Waals surface area contributed by atoms with Crippen LogP contribution in [0.4, 0.5) is 0 Å². The first-order chi connectivity index (χ1) is 9.88. The first-order valence-electron chi connectivity index (χ1n) is 6.93. The maximum atomic E-state index is 4.98. The highest BCUT2D eigenvalue weighted by Crippen LogP contribution is 2.13. The molecule has 5 heteroatoms. The fraction of sp³-hybridized carbons (Fsp3) is 0.467. The highest BCUT2D eigenvalue weighted by molar-refractivity contribution is 7.11. The van der Waals surface area contributed by atoms with Crippen LogP contribution in [-0.4, -0.2) is 37.0 Å². The molecule has 2 aromatic rings. The van der Waals surface area contributed by atoms with Crippen molar-refractivity contribution in [3.8, 4) is 0 Å². The number of aromatic nitrogens is 2. The summed E-state index contributed by atoms with van der Waals surface area (Å²) in [7, 11) is 1.71. The molecule has 0 radical (unpaired) electrons. The number of nitrogens with one attached hydrogen (secondary N) is 1. The Morgan fingerprint density at radius 3 is 2.50 bits per heavy atom. The molecule has 1 aromatic carbocycles. The maximum Gasteiger partial charge on any atom is 0.118 e. The van der Waals surface area contributed by atoms with Crippen molar-refractivity contribution in [1.82, 2.24) is 15.5 Å². The summed E-state index contributed by atoms with van der Waals surface area (Å²) in [6.07, 6.45) is 2.94. The Bertz CT molecular complexity index is 487. The molecule has 0 saturated carbocycles. The smallest absolute Gasteiger partial charge is 0.118 e. The number of hydrogen-bond donors (Lipinski definition) is 1. The van der Waals surface area contributed by atoms with Gasteiger partial charge in [-0.15, -0.1) is 21.5 Å². The minimum absolute atomic E-state index is 0.748. The SMILES string of the molecule is COCCNCCc1nnc(CCc2ccccc2)s1. The highest BCUT2D eigenvalue weighted by atomic mass is 32.1. The summed E-state index contributed by atoms with van der Waals surface area (Å²) in [5, 5.41) is 14.1. The number of nitrogens with zero attached hydrogens (tertiary/aromatic N) is 2. The Morgan fingerprint density at radius 1 is 1.00 bits per heavy atom. The monoisotopic (exact) mass is 291 g/mol. The van der Waals surface area contributed by atoms with Crippen molar-refractivity contribution in [1.29, 1.82) is 0 Å². The first-order valence-corrected chi connectivity index (χ1v) is 7.75. The normalized spacial score (nSPS) is 10.8. The van der Waals surface area contributed by atoms with Gasteiger partial charge in [-0.2, -0.15) is 0 Å². The number of hydrogen-bond acceptors (Lipinski definition) is 5. The van der Waals surface area contributed by atoms with Crippen molar-refractivity contribution < 1.29 is 4.74 Å². The molecule has 20 heavy (non-hydrogen) atoms. The van der Waals surface area contributed by atoms with Crippen molar-refractivity contribution in [2.45, 2.75) is 19.3 Å². The van der Waals surface area contributed by atoms with Gasteiger partial charge in [0.2, 0.25) is 0 Å². The number of aryl methyl sites for hydroxylation is 2. The highest BCUT2D eigenvalue weighted by Gasteiger charge is 2.04. The predicted molar refractivity (Wildman–Crippen MR) is 82.2 cm³/mol. The number of ether oxygens (including phenoxy) is 1. The van der Waals surface area contributed by atoms with E-state index < -0.39 is 0 Å². The molecule has 0 aliphatic heterocycles. The molecule has 0 aliphatic carbocycles. The van der Waals surface area contributed by atoms with Crippen LogP contribution >= 0.6 is 11.3 Å². The van der Waals surface area contributed by atoms with E-state index in [0.717, 1.165) is 49.0 Å². The van der Waals surface area contributed by atoms with E-state index in [2.05, 4.69) is 39.8 Å². The summed E-state index contributed by atoms with van der Waals surface area (Å²) >= 11 is 1.72. The zero-order valence-corrected chi connectivity index (χ0v) is 12.7. The Labute approximate surface area is 124 Å². The fourth-order valence-electron chi connectivity index (χ4n) is 1.88. The topological polar surface area (TPSA) is 47.0 Å². The van der Waals surface area contributed by atoms with Crippen LogP contribution in [0.15, 0.2) is 30.3 Å². The summed E-state index contributed by atoms with van der Waals surface area (Å²) in [5.74, 6) is 0. The standard InChI is InChI=1S/C15H21N3OS/c1-19-12-11-16-10-9-15-18-17-14(20-15)8-7-13-5-3-2-4-6-13/h2-6,16H,7-12H2,1H3. The summed E-state index contributed by atoms with van der Waals surface area (Å²) in [4.78, 5) is 0. The van der Waals surface area contributed by atoms with Gasteiger partial charge < -0.3 is 10.1 Å². The molecule has 1 N–H and O–H groups in total. The lowest BCUT2D eigenvalue weighted by Crippen LogP contribution is -2.21. The van der Waals surface area contributed by atoms with Gasteiger partial charge in [-0.3, -0.25) is 0 Å². The Balaban J connectivity index is 1.69. The summed E-state index contributed by atoms with van der Waals surface area (Å²) in [6, 6.07) is 10.5. The van der Waals surface area contributed by atoms with Crippen molar-refractivity contribution in [3.05, 3.63) is 45.9 Å². The zero-order chi connectivity index (χ0) is 14.0. The molecular formula is C15H21N3OS. The van der Waals surface area contributed by atoms with Gasteiger partial charge in [0.1, 0.15) is 10.0 Å². The van der Waals surface area contributed by atoms with Gasteiger partial charge >= 0.3 is 0 Å². The minimum atomic E-state index is 0.748. The van der Waals surface area contributed by atoms with Crippen LogP contribution in [0, 0.1) is 0 Å². The molecule has 4 nitrogen and oxygen atoms in total. The molecule has 1 aromatic heterocycles. The molecule has 0 spiro atoms. The average Bonchev–Trinajstić information content (AvgIpc) is 2.94. The van der Waals surface area contributed by atoms with Crippen LogP contribution in [0.2, 0.25) is 0 Å². The average molecular weight is 291 g/mol. The minimum Gasteiger partial charge on any atom is -0.383 e. The van der Waals surface area contributed by atoms with Crippen molar-refractivity contribution >= 4 is 11.3 Å². The van der Waals surface area contributed by atoms with Gasteiger partial charge in [-0.25, -0.2) is 0 Å². The van der Waals surface area contributed by atoms with E-state index >= 15 is 0 Å². The lowest BCUT2D eigenvalue weighted by molar-refractivity contribution is 0.199. The van der Waals surface area contributed by atoms with Crippen LogP contribution in [-0.2, 0) is 24.0 Å². The summed E-state index contributed by atoms with van der Waals surface area (Å²) in [6.45, 7) is 2.56. The van der Waals surface area contributed by atoms with Crippen LogP contribution in [0.5, 0.6) is 0 Å². The van der Waals surface area contributed by atoms with Crippen LogP contribution in [0.25, 0.3) is 0 Å². The first kappa shape index (κ1) is 15.1. The van der Waals surface area contributed by atoms with E-state index in [4.69, 9.17) is 4.74 Å². The maximum absolute atomic E-state index is 4.98. The largest absolute Gasteiger partial charge is 0.383 e. The molecule has 0 amide bonds. The van der Waals surface area contributed by atoms with E-state index in [1.807, 2.05) is 6.07 Å². The fourth-order valence-corrected chi connectivity index (χ4v) is 2.72.